The molecule has 2 fully saturated rings. The number of furan rings is 1. The van der Waals surface area contributed by atoms with E-state index in [0.717, 1.165) is 29.5 Å². The van der Waals surface area contributed by atoms with Crippen LogP contribution in [0.5, 0.6) is 0 Å². The average molecular weight is 400 g/mol. The smallest absolute Gasteiger partial charge is 0.294 e. The van der Waals surface area contributed by atoms with Gasteiger partial charge in [0.2, 0.25) is 5.91 Å². The van der Waals surface area contributed by atoms with E-state index in [2.05, 4.69) is 0 Å². The van der Waals surface area contributed by atoms with Gasteiger partial charge in [-0.3, -0.25) is 19.3 Å². The Bertz CT molecular complexity index is 961. The van der Waals surface area contributed by atoms with E-state index in [9.17, 15) is 18.8 Å². The summed E-state index contributed by atoms with van der Waals surface area (Å²) >= 11 is 0.786. The second kappa shape index (κ2) is 7.63. The molecule has 0 bridgehead atoms. The van der Waals surface area contributed by atoms with Crippen molar-refractivity contribution in [1.82, 2.24) is 9.80 Å². The van der Waals surface area contributed by atoms with Crippen LogP contribution in [0.25, 0.3) is 17.4 Å². The molecule has 0 radical (unpaired) electrons. The Morgan fingerprint density at radius 3 is 2.54 bits per heavy atom. The number of carbonyl (C=O) groups excluding carboxylic acids is 3. The molecule has 144 valence electrons. The van der Waals surface area contributed by atoms with Crippen molar-refractivity contribution in [3.63, 3.8) is 0 Å². The number of hydrogen-bond donors (Lipinski definition) is 0. The molecule has 2 aliphatic rings. The molecule has 1 aromatic heterocycles. The van der Waals surface area contributed by atoms with Gasteiger partial charge in [-0.15, -0.1) is 0 Å². The third-order valence-electron chi connectivity index (χ3n) is 4.65. The van der Waals surface area contributed by atoms with Crippen LogP contribution < -0.4 is 0 Å². The molecule has 3 heterocycles. The van der Waals surface area contributed by atoms with Gasteiger partial charge in [0.15, 0.2) is 0 Å². The molecule has 0 saturated carbocycles. The van der Waals surface area contributed by atoms with E-state index < -0.39 is 11.1 Å². The quantitative estimate of drug-likeness (QED) is 0.731. The van der Waals surface area contributed by atoms with Crippen LogP contribution in [-0.2, 0) is 9.59 Å². The summed E-state index contributed by atoms with van der Waals surface area (Å²) in [6.45, 7) is 1.11. The first kappa shape index (κ1) is 18.5. The van der Waals surface area contributed by atoms with Crippen LogP contribution in [0.1, 0.15) is 18.6 Å². The second-order valence-electron chi connectivity index (χ2n) is 6.56. The first-order chi connectivity index (χ1) is 13.5. The van der Waals surface area contributed by atoms with Gasteiger partial charge in [-0.1, -0.05) is 0 Å². The van der Waals surface area contributed by atoms with Crippen LogP contribution in [0, 0.1) is 5.82 Å². The summed E-state index contributed by atoms with van der Waals surface area (Å²) in [4.78, 5) is 39.8. The summed E-state index contributed by atoms with van der Waals surface area (Å²) in [7, 11) is 0. The van der Waals surface area contributed by atoms with Crippen LogP contribution >= 0.6 is 11.8 Å². The van der Waals surface area contributed by atoms with Crippen molar-refractivity contribution in [2.75, 3.05) is 19.6 Å². The van der Waals surface area contributed by atoms with Crippen molar-refractivity contribution < 1.29 is 23.2 Å². The molecule has 28 heavy (non-hydrogen) atoms. The average Bonchev–Trinajstić information content (AvgIpc) is 3.41. The Hall–Kier alpha value is -2.87. The zero-order valence-electron chi connectivity index (χ0n) is 14.9. The van der Waals surface area contributed by atoms with Crippen molar-refractivity contribution in [3.05, 3.63) is 52.9 Å². The van der Waals surface area contributed by atoms with E-state index in [1.807, 2.05) is 0 Å². The van der Waals surface area contributed by atoms with Gasteiger partial charge in [-0.2, -0.15) is 0 Å². The van der Waals surface area contributed by atoms with Gasteiger partial charge in [-0.05, 0) is 61.0 Å². The Kier molecular flexibility index (Phi) is 5.04. The predicted octanol–water partition coefficient (Wildman–Crippen LogP) is 3.74. The monoisotopic (exact) mass is 400 g/mol. The third kappa shape index (κ3) is 3.73. The molecule has 0 aliphatic carbocycles. The number of benzene rings is 1. The molecule has 0 atom stereocenters. The van der Waals surface area contributed by atoms with Crippen molar-refractivity contribution in [3.8, 4) is 11.3 Å². The molecule has 1 aromatic carbocycles. The largest absolute Gasteiger partial charge is 0.457 e. The summed E-state index contributed by atoms with van der Waals surface area (Å²) < 4.78 is 18.7. The standard InChI is InChI=1S/C20H17FN2O4S/c21-14-5-3-13(4-6-14)16-8-7-15(27-16)11-17-19(25)23(20(26)28-17)12-18(24)22-9-1-2-10-22/h3-8,11H,1-2,9-10,12H2/b17-11+. The number of amides is 3. The molecule has 0 N–H and O–H groups in total. The summed E-state index contributed by atoms with van der Waals surface area (Å²) in [5.41, 5.74) is 0.699. The number of halogens is 1. The van der Waals surface area contributed by atoms with Crippen molar-refractivity contribution in [1.29, 1.82) is 0 Å². The lowest BCUT2D eigenvalue weighted by Crippen LogP contribution is -2.40. The fourth-order valence-electron chi connectivity index (χ4n) is 3.17. The van der Waals surface area contributed by atoms with Gasteiger partial charge in [0.05, 0.1) is 4.91 Å². The summed E-state index contributed by atoms with van der Waals surface area (Å²) in [6, 6.07) is 9.23. The van der Waals surface area contributed by atoms with E-state index >= 15 is 0 Å². The summed E-state index contributed by atoms with van der Waals surface area (Å²) in [6.07, 6.45) is 3.38. The van der Waals surface area contributed by atoms with E-state index in [1.165, 1.54) is 18.2 Å². The van der Waals surface area contributed by atoms with Crippen LogP contribution in [0.3, 0.4) is 0 Å². The van der Waals surface area contributed by atoms with Crippen molar-refractivity contribution >= 4 is 34.9 Å². The molecule has 4 rings (SSSR count). The zero-order chi connectivity index (χ0) is 19.7. The fraction of sp³-hybridized carbons (Fsp3) is 0.250. The number of likely N-dealkylation sites (tertiary alicyclic amines) is 1. The van der Waals surface area contributed by atoms with Gasteiger partial charge in [-0.25, -0.2) is 4.39 Å². The molecule has 0 unspecified atom stereocenters. The van der Waals surface area contributed by atoms with Gasteiger partial charge in [0.1, 0.15) is 23.9 Å². The first-order valence-corrected chi connectivity index (χ1v) is 9.72. The molecular weight excluding hydrogens is 383 g/mol. The molecule has 2 aromatic rings. The highest BCUT2D eigenvalue weighted by molar-refractivity contribution is 8.18. The topological polar surface area (TPSA) is 70.8 Å². The molecule has 2 saturated heterocycles. The third-order valence-corrected chi connectivity index (χ3v) is 5.56. The van der Waals surface area contributed by atoms with Gasteiger partial charge < -0.3 is 9.32 Å². The van der Waals surface area contributed by atoms with Gasteiger partial charge in [0, 0.05) is 24.7 Å². The van der Waals surface area contributed by atoms with Crippen molar-refractivity contribution in [2.45, 2.75) is 12.8 Å². The van der Waals surface area contributed by atoms with Crippen LogP contribution in [-0.4, -0.2) is 46.5 Å². The molecule has 2 aliphatic heterocycles. The molecule has 6 nitrogen and oxygen atoms in total. The molecule has 0 spiro atoms. The Morgan fingerprint density at radius 1 is 1.11 bits per heavy atom. The maximum atomic E-state index is 13.0. The number of hydrogen-bond acceptors (Lipinski definition) is 5. The van der Waals surface area contributed by atoms with E-state index in [4.69, 9.17) is 4.42 Å². The van der Waals surface area contributed by atoms with Gasteiger partial charge in [0.25, 0.3) is 11.1 Å². The van der Waals surface area contributed by atoms with Crippen LogP contribution in [0.4, 0.5) is 9.18 Å². The van der Waals surface area contributed by atoms with E-state index in [1.54, 1.807) is 29.2 Å². The maximum absolute atomic E-state index is 13.0. The van der Waals surface area contributed by atoms with E-state index in [0.29, 0.717) is 30.2 Å². The maximum Gasteiger partial charge on any atom is 0.294 e. The first-order valence-electron chi connectivity index (χ1n) is 8.90. The highest BCUT2D eigenvalue weighted by atomic mass is 32.2. The fourth-order valence-corrected chi connectivity index (χ4v) is 3.99. The molecule has 8 heteroatoms. The minimum atomic E-state index is -0.498. The van der Waals surface area contributed by atoms with E-state index in [-0.39, 0.29) is 23.2 Å². The Morgan fingerprint density at radius 2 is 1.82 bits per heavy atom. The molecular formula is C20H17FN2O4S. The second-order valence-corrected chi connectivity index (χ2v) is 7.56. The minimum Gasteiger partial charge on any atom is -0.457 e. The lowest BCUT2D eigenvalue weighted by molar-refractivity contribution is -0.135. The summed E-state index contributed by atoms with van der Waals surface area (Å²) in [5, 5.41) is -0.464. The number of carbonyl (C=O) groups is 3. The van der Waals surface area contributed by atoms with Crippen molar-refractivity contribution in [2.24, 2.45) is 0 Å². The van der Waals surface area contributed by atoms with Crippen LogP contribution in [0.2, 0.25) is 0 Å². The number of rotatable bonds is 4. The normalized spacial score (nSPS) is 18.5. The SMILES string of the molecule is O=C(CN1C(=O)S/C(=C/c2ccc(-c3ccc(F)cc3)o2)C1=O)N1CCCC1. The lowest BCUT2D eigenvalue weighted by atomic mass is 10.2. The number of imide groups is 1. The zero-order valence-corrected chi connectivity index (χ0v) is 15.7. The van der Waals surface area contributed by atoms with Gasteiger partial charge >= 0.3 is 0 Å². The number of nitrogens with zero attached hydrogens (tertiary/aromatic N) is 2. The highest BCUT2D eigenvalue weighted by Crippen LogP contribution is 2.33. The Labute approximate surface area is 165 Å². The van der Waals surface area contributed by atoms with Crippen LogP contribution in [0.15, 0.2) is 45.7 Å². The highest BCUT2D eigenvalue weighted by Gasteiger charge is 2.37. The molecule has 3 amide bonds. The lowest BCUT2D eigenvalue weighted by Gasteiger charge is -2.18. The minimum absolute atomic E-state index is 0.208. The summed E-state index contributed by atoms with van der Waals surface area (Å²) in [5.74, 6) is -0.127. The Balaban J connectivity index is 1.48. The number of thioether (sulfide) groups is 1. The predicted molar refractivity (Wildman–Crippen MR) is 103 cm³/mol.